The number of fused-ring (bicyclic) bond motifs is 1. The van der Waals surface area contributed by atoms with E-state index in [1.807, 2.05) is 24.3 Å². The highest BCUT2D eigenvalue weighted by atomic mass is 35.5. The summed E-state index contributed by atoms with van der Waals surface area (Å²) in [7, 11) is 0. The Kier molecular flexibility index (Phi) is 9.72. The van der Waals surface area contributed by atoms with Crippen LogP contribution >= 0.6 is 35.0 Å². The molecule has 1 saturated heterocycles. The SMILES string of the molecule is O=C(Nc1ccc(SC2CC(=O)N(c3ccc(-c4nc5ccccc5o4)cc3)C2=O)cc1)/C(=C/c1ccc(Cl)cc1Cl)NC(=O)c1ccccc1. The molecule has 4 amide bonds. The minimum absolute atomic E-state index is 0.0384. The monoisotopic (exact) mass is 732 g/mol. The van der Waals surface area contributed by atoms with Crippen LogP contribution in [0.1, 0.15) is 22.3 Å². The number of imide groups is 1. The summed E-state index contributed by atoms with van der Waals surface area (Å²) >= 11 is 13.7. The van der Waals surface area contributed by atoms with Gasteiger partial charge in [0.05, 0.1) is 10.9 Å². The molecule has 9 nitrogen and oxygen atoms in total. The molecule has 51 heavy (non-hydrogen) atoms. The summed E-state index contributed by atoms with van der Waals surface area (Å²) in [5.41, 5.74) is 3.86. The molecule has 1 aliphatic heterocycles. The number of nitrogens with one attached hydrogen (secondary N) is 2. The highest BCUT2D eigenvalue weighted by Crippen LogP contribution is 2.35. The van der Waals surface area contributed by atoms with Crippen LogP contribution in [0.25, 0.3) is 28.6 Å². The number of para-hydroxylation sites is 2. The van der Waals surface area contributed by atoms with Crippen LogP contribution in [0.3, 0.4) is 0 Å². The quantitative estimate of drug-likeness (QED) is 0.113. The van der Waals surface area contributed by atoms with Crippen molar-refractivity contribution in [3.8, 4) is 11.5 Å². The number of halogens is 2. The Balaban J connectivity index is 1.02. The number of anilines is 2. The third kappa shape index (κ3) is 7.58. The van der Waals surface area contributed by atoms with Gasteiger partial charge in [-0.2, -0.15) is 0 Å². The van der Waals surface area contributed by atoms with E-state index >= 15 is 0 Å². The maximum atomic E-state index is 13.5. The molecule has 1 atom stereocenters. The van der Waals surface area contributed by atoms with Gasteiger partial charge in [0.1, 0.15) is 11.2 Å². The molecule has 1 unspecified atom stereocenters. The molecule has 1 aromatic heterocycles. The van der Waals surface area contributed by atoms with Crippen molar-refractivity contribution in [2.75, 3.05) is 10.2 Å². The lowest BCUT2D eigenvalue weighted by molar-refractivity contribution is -0.121. The lowest BCUT2D eigenvalue weighted by atomic mass is 10.1. The third-order valence-corrected chi connectivity index (χ3v) is 9.71. The van der Waals surface area contributed by atoms with Crippen LogP contribution in [0.5, 0.6) is 0 Å². The van der Waals surface area contributed by atoms with Crippen molar-refractivity contribution in [2.45, 2.75) is 16.6 Å². The molecule has 6 aromatic rings. The normalized spacial score (nSPS) is 14.6. The second kappa shape index (κ2) is 14.7. The van der Waals surface area contributed by atoms with Crippen molar-refractivity contribution >= 4 is 87.1 Å². The zero-order chi connectivity index (χ0) is 35.5. The van der Waals surface area contributed by atoms with E-state index in [4.69, 9.17) is 27.6 Å². The molecule has 0 bridgehead atoms. The number of amides is 4. The molecule has 1 fully saturated rings. The summed E-state index contributed by atoms with van der Waals surface area (Å²) in [5, 5.41) is 5.59. The second-order valence-corrected chi connectivity index (χ2v) is 13.6. The summed E-state index contributed by atoms with van der Waals surface area (Å²) in [4.78, 5) is 59.3. The predicted octanol–water partition coefficient (Wildman–Crippen LogP) is 8.64. The van der Waals surface area contributed by atoms with Crippen LogP contribution < -0.4 is 15.5 Å². The number of benzene rings is 5. The zero-order valence-corrected chi connectivity index (χ0v) is 28.8. The molecule has 0 aliphatic carbocycles. The van der Waals surface area contributed by atoms with Gasteiger partial charge in [0, 0.05) is 38.2 Å². The van der Waals surface area contributed by atoms with Gasteiger partial charge in [-0.1, -0.05) is 59.6 Å². The Morgan fingerprint density at radius 1 is 0.863 bits per heavy atom. The summed E-state index contributed by atoms with van der Waals surface area (Å²) in [6.45, 7) is 0. The molecular weight excluding hydrogens is 707 g/mol. The fraction of sp³-hybridized carbons (Fsp3) is 0.0513. The molecule has 2 N–H and O–H groups in total. The number of oxazole rings is 1. The minimum atomic E-state index is -0.624. The van der Waals surface area contributed by atoms with Gasteiger partial charge in [0.15, 0.2) is 5.58 Å². The van der Waals surface area contributed by atoms with E-state index in [9.17, 15) is 19.2 Å². The molecule has 0 radical (unpaired) electrons. The first kappa shape index (κ1) is 33.8. The lowest BCUT2D eigenvalue weighted by Gasteiger charge is -2.15. The number of thioether (sulfide) groups is 1. The van der Waals surface area contributed by atoms with Crippen LogP contribution in [0.15, 0.2) is 136 Å². The molecule has 1 aliphatic rings. The van der Waals surface area contributed by atoms with E-state index in [1.165, 1.54) is 22.7 Å². The standard InChI is InChI=1S/C39H26Cl2N4O5S/c40-26-13-10-25(30(41)21-26)20-32(43-36(47)23-6-2-1-3-7-23)37(48)42-27-14-18-29(19-15-27)51-34-22-35(46)45(39(34)49)28-16-11-24(12-17-28)38-44-31-8-4-5-9-33(31)50-38/h1-21,34H,22H2,(H,42,48)(H,43,47)/b32-20-. The summed E-state index contributed by atoms with van der Waals surface area (Å²) < 4.78 is 5.84. The molecule has 0 spiro atoms. The number of carbonyl (C=O) groups excluding carboxylic acids is 4. The first-order chi connectivity index (χ1) is 24.7. The maximum absolute atomic E-state index is 13.5. The molecule has 0 saturated carbocycles. The summed E-state index contributed by atoms with van der Waals surface area (Å²) in [5.74, 6) is -1.22. The number of aromatic nitrogens is 1. The number of hydrogen-bond acceptors (Lipinski definition) is 7. The topological polar surface area (TPSA) is 122 Å². The Bertz CT molecular complexity index is 2290. The smallest absolute Gasteiger partial charge is 0.272 e. The van der Waals surface area contributed by atoms with Crippen molar-refractivity contribution < 1.29 is 23.6 Å². The Morgan fingerprint density at radius 2 is 1.59 bits per heavy atom. The highest BCUT2D eigenvalue weighted by molar-refractivity contribution is 8.00. The first-order valence-electron chi connectivity index (χ1n) is 15.7. The molecule has 5 aromatic carbocycles. The van der Waals surface area contributed by atoms with Crippen molar-refractivity contribution in [1.82, 2.24) is 10.3 Å². The summed E-state index contributed by atoms with van der Waals surface area (Å²) in [6, 6.07) is 34.6. The fourth-order valence-corrected chi connectivity index (χ4v) is 6.93. The highest BCUT2D eigenvalue weighted by Gasteiger charge is 2.40. The van der Waals surface area contributed by atoms with Crippen molar-refractivity contribution in [2.24, 2.45) is 0 Å². The lowest BCUT2D eigenvalue weighted by Crippen LogP contribution is -2.31. The van der Waals surface area contributed by atoms with Gasteiger partial charge >= 0.3 is 0 Å². The van der Waals surface area contributed by atoms with E-state index in [0.29, 0.717) is 44.0 Å². The van der Waals surface area contributed by atoms with E-state index in [2.05, 4.69) is 15.6 Å². The molecular formula is C39H26Cl2N4O5S. The van der Waals surface area contributed by atoms with Gasteiger partial charge < -0.3 is 15.1 Å². The van der Waals surface area contributed by atoms with Gasteiger partial charge in [-0.05, 0) is 96.6 Å². The fourth-order valence-electron chi connectivity index (χ4n) is 5.41. The first-order valence-corrected chi connectivity index (χ1v) is 17.3. The number of rotatable bonds is 9. The minimum Gasteiger partial charge on any atom is -0.436 e. The Labute approximate surface area is 306 Å². The van der Waals surface area contributed by atoms with Crippen LogP contribution in [0.2, 0.25) is 10.0 Å². The molecule has 2 heterocycles. The number of carbonyl (C=O) groups is 4. The molecule has 7 rings (SSSR count). The van der Waals surface area contributed by atoms with Gasteiger partial charge in [-0.25, -0.2) is 9.88 Å². The maximum Gasteiger partial charge on any atom is 0.272 e. The molecule has 12 heteroatoms. The van der Waals surface area contributed by atoms with Crippen LogP contribution in [0, 0.1) is 0 Å². The average Bonchev–Trinajstić information content (AvgIpc) is 3.69. The largest absolute Gasteiger partial charge is 0.436 e. The van der Waals surface area contributed by atoms with E-state index in [-0.39, 0.29) is 23.9 Å². The van der Waals surface area contributed by atoms with Gasteiger partial charge in [-0.15, -0.1) is 11.8 Å². The van der Waals surface area contributed by atoms with Gasteiger partial charge in [0.25, 0.3) is 11.8 Å². The van der Waals surface area contributed by atoms with Crippen molar-refractivity contribution in [1.29, 1.82) is 0 Å². The van der Waals surface area contributed by atoms with E-state index in [0.717, 1.165) is 16.0 Å². The van der Waals surface area contributed by atoms with Crippen molar-refractivity contribution in [3.05, 3.63) is 148 Å². The predicted molar refractivity (Wildman–Crippen MR) is 200 cm³/mol. The average molecular weight is 734 g/mol. The van der Waals surface area contributed by atoms with Crippen LogP contribution in [0.4, 0.5) is 11.4 Å². The second-order valence-electron chi connectivity index (χ2n) is 11.4. The van der Waals surface area contributed by atoms with Gasteiger partial charge in [0.2, 0.25) is 17.7 Å². The van der Waals surface area contributed by atoms with Crippen LogP contribution in [-0.4, -0.2) is 33.9 Å². The van der Waals surface area contributed by atoms with E-state index in [1.54, 1.807) is 97.1 Å². The summed E-state index contributed by atoms with van der Waals surface area (Å²) in [6.07, 6.45) is 1.51. The van der Waals surface area contributed by atoms with Crippen LogP contribution in [-0.2, 0) is 14.4 Å². The van der Waals surface area contributed by atoms with E-state index < -0.39 is 17.1 Å². The Morgan fingerprint density at radius 3 is 2.31 bits per heavy atom. The zero-order valence-electron chi connectivity index (χ0n) is 26.5. The van der Waals surface area contributed by atoms with Crippen molar-refractivity contribution in [3.63, 3.8) is 0 Å². The number of nitrogens with zero attached hydrogens (tertiary/aromatic N) is 2. The third-order valence-electron chi connectivity index (χ3n) is 7.95. The van der Waals surface area contributed by atoms with Gasteiger partial charge in [-0.3, -0.25) is 19.2 Å². The molecule has 252 valence electrons. The Hall–Kier alpha value is -5.68. The number of hydrogen-bond donors (Lipinski definition) is 2.